The van der Waals surface area contributed by atoms with Crippen molar-refractivity contribution < 1.29 is 19.1 Å². The van der Waals surface area contributed by atoms with Gasteiger partial charge in [-0.25, -0.2) is 0 Å². The van der Waals surface area contributed by atoms with E-state index in [1.807, 2.05) is 25.1 Å². The fourth-order valence-corrected chi connectivity index (χ4v) is 2.51. The number of rotatable bonds is 8. The molecule has 0 saturated heterocycles. The molecule has 0 aromatic heterocycles. The molecular formula is C20H23ClN2O4. The van der Waals surface area contributed by atoms with Gasteiger partial charge in [0.05, 0.1) is 6.61 Å². The van der Waals surface area contributed by atoms with Gasteiger partial charge in [-0.15, -0.1) is 0 Å². The summed E-state index contributed by atoms with van der Waals surface area (Å²) in [6.45, 7) is 4.08. The van der Waals surface area contributed by atoms with Crippen LogP contribution in [0.1, 0.15) is 25.8 Å². The average molecular weight is 391 g/mol. The van der Waals surface area contributed by atoms with Gasteiger partial charge in [0.15, 0.2) is 6.10 Å². The molecule has 0 fully saturated rings. The number of hydrogen-bond acceptors (Lipinski definition) is 4. The van der Waals surface area contributed by atoms with Gasteiger partial charge < -0.3 is 9.47 Å². The van der Waals surface area contributed by atoms with E-state index in [1.54, 1.807) is 37.3 Å². The molecule has 6 nitrogen and oxygen atoms in total. The molecule has 0 bridgehead atoms. The predicted octanol–water partition coefficient (Wildman–Crippen LogP) is 3.29. The number of amides is 2. The summed E-state index contributed by atoms with van der Waals surface area (Å²) in [7, 11) is 0. The van der Waals surface area contributed by atoms with Gasteiger partial charge in [0.1, 0.15) is 11.5 Å². The molecule has 0 aliphatic rings. The van der Waals surface area contributed by atoms with Gasteiger partial charge in [-0.1, -0.05) is 29.8 Å². The summed E-state index contributed by atoms with van der Waals surface area (Å²) in [5.74, 6) is 0.505. The SMILES string of the molecule is CCOc1ccc(OC(C)C(=O)NNC(=O)CCc2ccccc2Cl)cc1. The molecule has 144 valence electrons. The highest BCUT2D eigenvalue weighted by atomic mass is 35.5. The molecule has 0 aliphatic heterocycles. The molecule has 2 N–H and O–H groups in total. The van der Waals surface area contributed by atoms with Crippen molar-refractivity contribution in [2.75, 3.05) is 6.61 Å². The summed E-state index contributed by atoms with van der Waals surface area (Å²) >= 11 is 6.06. The predicted molar refractivity (Wildman–Crippen MR) is 104 cm³/mol. The lowest BCUT2D eigenvalue weighted by molar-refractivity contribution is -0.132. The molecule has 7 heteroatoms. The van der Waals surface area contributed by atoms with Crippen LogP contribution >= 0.6 is 11.6 Å². The molecule has 2 rings (SSSR count). The second-order valence-corrected chi connectivity index (χ2v) is 6.20. The molecule has 1 unspecified atom stereocenters. The third-order valence-corrected chi connectivity index (χ3v) is 4.09. The van der Waals surface area contributed by atoms with Crippen LogP contribution in [0.4, 0.5) is 0 Å². The van der Waals surface area contributed by atoms with Crippen LogP contribution in [0.5, 0.6) is 11.5 Å². The largest absolute Gasteiger partial charge is 0.494 e. The maximum absolute atomic E-state index is 12.1. The Morgan fingerprint density at radius 2 is 1.70 bits per heavy atom. The first kappa shape index (κ1) is 20.6. The smallest absolute Gasteiger partial charge is 0.279 e. The summed E-state index contributed by atoms with van der Waals surface area (Å²) in [5.41, 5.74) is 5.63. The van der Waals surface area contributed by atoms with Crippen molar-refractivity contribution in [3.8, 4) is 11.5 Å². The van der Waals surface area contributed by atoms with E-state index in [4.69, 9.17) is 21.1 Å². The van der Waals surface area contributed by atoms with Crippen molar-refractivity contribution >= 4 is 23.4 Å². The zero-order chi connectivity index (χ0) is 19.6. The Bertz CT molecular complexity index is 765. The summed E-state index contributed by atoms with van der Waals surface area (Å²) in [5, 5.41) is 0.617. The van der Waals surface area contributed by atoms with Crippen molar-refractivity contribution in [3.63, 3.8) is 0 Å². The van der Waals surface area contributed by atoms with Gasteiger partial charge in [0.2, 0.25) is 5.91 Å². The van der Waals surface area contributed by atoms with E-state index in [2.05, 4.69) is 10.9 Å². The van der Waals surface area contributed by atoms with E-state index >= 15 is 0 Å². The van der Waals surface area contributed by atoms with Crippen LogP contribution < -0.4 is 20.3 Å². The second kappa shape index (κ2) is 10.4. The number of carbonyl (C=O) groups is 2. The summed E-state index contributed by atoms with van der Waals surface area (Å²) < 4.78 is 10.9. The molecule has 2 aromatic carbocycles. The number of nitrogens with one attached hydrogen (secondary N) is 2. The minimum Gasteiger partial charge on any atom is -0.494 e. The fraction of sp³-hybridized carbons (Fsp3) is 0.300. The molecule has 0 aliphatic carbocycles. The van der Waals surface area contributed by atoms with E-state index in [9.17, 15) is 9.59 Å². The van der Waals surface area contributed by atoms with Crippen molar-refractivity contribution in [2.45, 2.75) is 32.8 Å². The highest BCUT2D eigenvalue weighted by Gasteiger charge is 2.15. The Labute approximate surface area is 163 Å². The lowest BCUT2D eigenvalue weighted by Crippen LogP contribution is -2.47. The highest BCUT2D eigenvalue weighted by Crippen LogP contribution is 2.18. The molecule has 0 radical (unpaired) electrons. The lowest BCUT2D eigenvalue weighted by Gasteiger charge is -2.15. The monoisotopic (exact) mass is 390 g/mol. The van der Waals surface area contributed by atoms with E-state index in [1.165, 1.54) is 0 Å². The number of benzene rings is 2. The number of carbonyl (C=O) groups excluding carboxylic acids is 2. The van der Waals surface area contributed by atoms with Crippen LogP contribution in [0.2, 0.25) is 5.02 Å². The van der Waals surface area contributed by atoms with Crippen LogP contribution in [-0.2, 0) is 16.0 Å². The van der Waals surface area contributed by atoms with Crippen LogP contribution in [-0.4, -0.2) is 24.5 Å². The quantitative estimate of drug-likeness (QED) is 0.678. The van der Waals surface area contributed by atoms with Gasteiger partial charge in [0.25, 0.3) is 5.91 Å². The molecule has 27 heavy (non-hydrogen) atoms. The van der Waals surface area contributed by atoms with Crippen LogP contribution in [0.15, 0.2) is 48.5 Å². The van der Waals surface area contributed by atoms with Crippen molar-refractivity contribution in [2.24, 2.45) is 0 Å². The maximum Gasteiger partial charge on any atom is 0.279 e. The highest BCUT2D eigenvalue weighted by molar-refractivity contribution is 6.31. The second-order valence-electron chi connectivity index (χ2n) is 5.79. The summed E-state index contributed by atoms with van der Waals surface area (Å²) in [6.07, 6.45) is -0.0793. The third-order valence-electron chi connectivity index (χ3n) is 3.72. The summed E-state index contributed by atoms with van der Waals surface area (Å²) in [4.78, 5) is 23.9. The number of ether oxygens (including phenoxy) is 2. The molecule has 0 saturated carbocycles. The Hall–Kier alpha value is -2.73. The number of hydrogen-bond donors (Lipinski definition) is 2. The number of hydrazine groups is 1. The minimum atomic E-state index is -0.771. The van der Waals surface area contributed by atoms with Crippen LogP contribution in [0, 0.1) is 0 Å². The Morgan fingerprint density at radius 3 is 2.37 bits per heavy atom. The average Bonchev–Trinajstić information content (AvgIpc) is 2.67. The van der Waals surface area contributed by atoms with Gasteiger partial charge in [-0.05, 0) is 56.2 Å². The number of aryl methyl sites for hydroxylation is 1. The third kappa shape index (κ3) is 6.83. The van der Waals surface area contributed by atoms with Crippen molar-refractivity contribution in [1.82, 2.24) is 10.9 Å². The maximum atomic E-state index is 12.1. The van der Waals surface area contributed by atoms with Gasteiger partial charge in [0, 0.05) is 11.4 Å². The van der Waals surface area contributed by atoms with E-state index in [0.29, 0.717) is 23.8 Å². The van der Waals surface area contributed by atoms with Crippen LogP contribution in [0.3, 0.4) is 0 Å². The molecule has 2 aromatic rings. The normalized spacial score (nSPS) is 11.4. The topological polar surface area (TPSA) is 76.7 Å². The first-order chi connectivity index (χ1) is 13.0. The molecular weight excluding hydrogens is 368 g/mol. The Morgan fingerprint density at radius 1 is 1.04 bits per heavy atom. The molecule has 1 atom stereocenters. The first-order valence-corrected chi connectivity index (χ1v) is 9.09. The van der Waals surface area contributed by atoms with Crippen molar-refractivity contribution in [1.29, 1.82) is 0 Å². The molecule has 0 heterocycles. The van der Waals surface area contributed by atoms with Gasteiger partial charge in [-0.3, -0.25) is 20.4 Å². The van der Waals surface area contributed by atoms with Gasteiger partial charge >= 0.3 is 0 Å². The van der Waals surface area contributed by atoms with Crippen molar-refractivity contribution in [3.05, 3.63) is 59.1 Å². The summed E-state index contributed by atoms with van der Waals surface area (Å²) in [6, 6.07) is 14.3. The van der Waals surface area contributed by atoms with E-state index in [-0.39, 0.29) is 12.3 Å². The number of halogens is 1. The first-order valence-electron chi connectivity index (χ1n) is 8.71. The Kier molecular flexibility index (Phi) is 7.95. The van der Waals surface area contributed by atoms with Gasteiger partial charge in [-0.2, -0.15) is 0 Å². The lowest BCUT2D eigenvalue weighted by atomic mass is 10.1. The van der Waals surface area contributed by atoms with E-state index in [0.717, 1.165) is 11.3 Å². The van der Waals surface area contributed by atoms with Crippen LogP contribution in [0.25, 0.3) is 0 Å². The zero-order valence-electron chi connectivity index (χ0n) is 15.3. The fourth-order valence-electron chi connectivity index (χ4n) is 2.28. The molecule has 2 amide bonds. The minimum absolute atomic E-state index is 0.206. The van der Waals surface area contributed by atoms with E-state index < -0.39 is 12.0 Å². The standard InChI is InChI=1S/C20H23ClN2O4/c1-3-26-16-9-11-17(12-10-16)27-14(2)20(25)23-22-19(24)13-8-15-6-4-5-7-18(15)21/h4-7,9-12,14H,3,8,13H2,1-2H3,(H,22,24)(H,23,25). The molecule has 0 spiro atoms. The zero-order valence-corrected chi connectivity index (χ0v) is 16.1. The Balaban J connectivity index is 1.73.